The summed E-state index contributed by atoms with van der Waals surface area (Å²) in [5.41, 5.74) is 4.23. The SMILES string of the molecule is O=C(c1ccc(-c2cncnc2)cc1)N1CCn2c(nnc2-c2ccc3ccccc3n2)C1. The van der Waals surface area contributed by atoms with Crippen molar-refractivity contribution >= 4 is 16.8 Å². The third-order valence-electron chi connectivity index (χ3n) is 5.89. The van der Waals surface area contributed by atoms with Gasteiger partial charge in [0.05, 0.1) is 12.1 Å². The molecule has 0 atom stereocenters. The van der Waals surface area contributed by atoms with E-state index in [4.69, 9.17) is 4.98 Å². The van der Waals surface area contributed by atoms with Gasteiger partial charge in [-0.05, 0) is 29.8 Å². The molecular formula is C25H19N7O. The van der Waals surface area contributed by atoms with Crippen LogP contribution < -0.4 is 0 Å². The highest BCUT2D eigenvalue weighted by Crippen LogP contribution is 2.24. The van der Waals surface area contributed by atoms with Crippen molar-refractivity contribution in [3.63, 3.8) is 0 Å². The van der Waals surface area contributed by atoms with Crippen molar-refractivity contribution in [2.24, 2.45) is 0 Å². The molecule has 0 saturated carbocycles. The summed E-state index contributed by atoms with van der Waals surface area (Å²) in [6.07, 6.45) is 5.00. The second-order valence-corrected chi connectivity index (χ2v) is 7.91. The minimum Gasteiger partial charge on any atom is -0.329 e. The number of para-hydroxylation sites is 1. The maximum atomic E-state index is 13.1. The van der Waals surface area contributed by atoms with Gasteiger partial charge in [-0.2, -0.15) is 0 Å². The van der Waals surface area contributed by atoms with Crippen molar-refractivity contribution in [2.45, 2.75) is 13.1 Å². The molecule has 0 fully saturated rings. The van der Waals surface area contributed by atoms with Crippen LogP contribution in [0.5, 0.6) is 0 Å². The lowest BCUT2D eigenvalue weighted by Crippen LogP contribution is -2.38. The maximum absolute atomic E-state index is 13.1. The van der Waals surface area contributed by atoms with Gasteiger partial charge < -0.3 is 9.47 Å². The van der Waals surface area contributed by atoms with Crippen molar-refractivity contribution in [1.82, 2.24) is 34.6 Å². The summed E-state index contributed by atoms with van der Waals surface area (Å²) in [5, 5.41) is 9.83. The second kappa shape index (κ2) is 7.90. The van der Waals surface area contributed by atoms with E-state index < -0.39 is 0 Å². The van der Waals surface area contributed by atoms with Gasteiger partial charge in [0.15, 0.2) is 11.6 Å². The summed E-state index contributed by atoms with van der Waals surface area (Å²) in [6, 6.07) is 19.5. The Morgan fingerprint density at radius 2 is 1.64 bits per heavy atom. The van der Waals surface area contributed by atoms with Gasteiger partial charge in [0.25, 0.3) is 5.91 Å². The first-order valence-corrected chi connectivity index (χ1v) is 10.7. The molecule has 4 heterocycles. The number of pyridine rings is 1. The standard InChI is InChI=1S/C25H19N7O/c33-25(19-7-5-17(6-8-19)20-13-26-16-27-14-20)31-11-12-32-23(15-31)29-30-24(32)22-10-9-18-3-1-2-4-21(18)28-22/h1-10,13-14,16H,11-12,15H2. The zero-order valence-electron chi connectivity index (χ0n) is 17.7. The lowest BCUT2D eigenvalue weighted by atomic mass is 10.1. The van der Waals surface area contributed by atoms with Gasteiger partial charge in [-0.25, -0.2) is 15.0 Å². The van der Waals surface area contributed by atoms with Crippen molar-refractivity contribution in [3.8, 4) is 22.6 Å². The summed E-state index contributed by atoms with van der Waals surface area (Å²) < 4.78 is 2.05. The third kappa shape index (κ3) is 3.51. The first kappa shape index (κ1) is 19.2. The van der Waals surface area contributed by atoms with E-state index >= 15 is 0 Å². The van der Waals surface area contributed by atoms with Crippen LogP contribution in [-0.4, -0.2) is 47.1 Å². The van der Waals surface area contributed by atoms with Gasteiger partial charge in [-0.1, -0.05) is 36.4 Å². The molecule has 8 nitrogen and oxygen atoms in total. The van der Waals surface area contributed by atoms with Crippen LogP contribution in [0, 0.1) is 0 Å². The molecular weight excluding hydrogens is 414 g/mol. The summed E-state index contributed by atoms with van der Waals surface area (Å²) in [4.78, 5) is 27.8. The lowest BCUT2D eigenvalue weighted by molar-refractivity contribution is 0.0708. The molecule has 160 valence electrons. The van der Waals surface area contributed by atoms with E-state index in [1.54, 1.807) is 12.4 Å². The highest BCUT2D eigenvalue weighted by molar-refractivity contribution is 5.94. The van der Waals surface area contributed by atoms with Gasteiger partial charge in [-0.3, -0.25) is 4.79 Å². The number of hydrogen-bond acceptors (Lipinski definition) is 6. The van der Waals surface area contributed by atoms with E-state index in [0.29, 0.717) is 25.2 Å². The van der Waals surface area contributed by atoms with Crippen LogP contribution >= 0.6 is 0 Å². The number of hydrogen-bond donors (Lipinski definition) is 0. The number of fused-ring (bicyclic) bond motifs is 2. The fraction of sp³-hybridized carbons (Fsp3) is 0.120. The fourth-order valence-electron chi connectivity index (χ4n) is 4.15. The predicted octanol–water partition coefficient (Wildman–Crippen LogP) is 3.61. The monoisotopic (exact) mass is 433 g/mol. The van der Waals surface area contributed by atoms with Crippen LogP contribution in [0.2, 0.25) is 0 Å². The van der Waals surface area contributed by atoms with Crippen LogP contribution in [0.25, 0.3) is 33.5 Å². The number of amides is 1. The normalized spacial score (nSPS) is 13.2. The largest absolute Gasteiger partial charge is 0.329 e. The molecule has 5 aromatic rings. The van der Waals surface area contributed by atoms with Crippen LogP contribution in [0.4, 0.5) is 0 Å². The van der Waals surface area contributed by atoms with E-state index in [1.165, 1.54) is 6.33 Å². The van der Waals surface area contributed by atoms with Gasteiger partial charge in [0.2, 0.25) is 0 Å². The third-order valence-corrected chi connectivity index (χ3v) is 5.89. The summed E-state index contributed by atoms with van der Waals surface area (Å²) in [7, 11) is 0. The smallest absolute Gasteiger partial charge is 0.254 e. The molecule has 0 aliphatic carbocycles. The maximum Gasteiger partial charge on any atom is 0.254 e. The van der Waals surface area contributed by atoms with Crippen LogP contribution in [0.15, 0.2) is 79.4 Å². The van der Waals surface area contributed by atoms with E-state index in [0.717, 1.165) is 39.4 Å². The lowest BCUT2D eigenvalue weighted by Gasteiger charge is -2.28. The quantitative estimate of drug-likeness (QED) is 0.432. The first-order valence-electron chi connectivity index (χ1n) is 10.7. The average Bonchev–Trinajstić information content (AvgIpc) is 3.32. The molecule has 0 spiro atoms. The van der Waals surface area contributed by atoms with Crippen molar-refractivity contribution in [1.29, 1.82) is 0 Å². The number of aromatic nitrogens is 6. The number of benzene rings is 2. The fourth-order valence-corrected chi connectivity index (χ4v) is 4.15. The summed E-state index contributed by atoms with van der Waals surface area (Å²) in [5.74, 6) is 1.47. The minimum atomic E-state index is -0.0227. The Balaban J connectivity index is 1.22. The first-order chi connectivity index (χ1) is 16.3. The van der Waals surface area contributed by atoms with Gasteiger partial charge >= 0.3 is 0 Å². The molecule has 0 unspecified atom stereocenters. The molecule has 1 aliphatic heterocycles. The molecule has 0 N–H and O–H groups in total. The topological polar surface area (TPSA) is 89.7 Å². The number of rotatable bonds is 3. The van der Waals surface area contributed by atoms with E-state index in [9.17, 15) is 4.79 Å². The van der Waals surface area contributed by atoms with E-state index in [-0.39, 0.29) is 5.91 Å². The highest BCUT2D eigenvalue weighted by atomic mass is 16.2. The van der Waals surface area contributed by atoms with Crippen molar-refractivity contribution < 1.29 is 4.79 Å². The average molecular weight is 433 g/mol. The number of carbonyl (C=O) groups excluding carboxylic acids is 1. The Morgan fingerprint density at radius 1 is 0.818 bits per heavy atom. The Kier molecular flexibility index (Phi) is 4.61. The van der Waals surface area contributed by atoms with E-state index in [2.05, 4.69) is 24.7 Å². The molecule has 1 aliphatic rings. The van der Waals surface area contributed by atoms with Gasteiger partial charge in [0.1, 0.15) is 12.0 Å². The molecule has 2 aromatic carbocycles. The number of nitrogens with zero attached hydrogens (tertiary/aromatic N) is 7. The van der Waals surface area contributed by atoms with Crippen molar-refractivity contribution in [2.75, 3.05) is 6.54 Å². The molecule has 33 heavy (non-hydrogen) atoms. The predicted molar refractivity (Wildman–Crippen MR) is 123 cm³/mol. The Hall–Kier alpha value is -4.46. The zero-order chi connectivity index (χ0) is 22.2. The van der Waals surface area contributed by atoms with Gasteiger partial charge in [-0.15, -0.1) is 10.2 Å². The Labute approximate surface area is 189 Å². The van der Waals surface area contributed by atoms with E-state index in [1.807, 2.05) is 65.6 Å². The molecule has 6 rings (SSSR count). The molecule has 0 saturated heterocycles. The highest BCUT2D eigenvalue weighted by Gasteiger charge is 2.26. The molecule has 0 radical (unpaired) electrons. The minimum absolute atomic E-state index is 0.0227. The molecule has 0 bridgehead atoms. The van der Waals surface area contributed by atoms with Gasteiger partial charge in [0, 0.05) is 42.0 Å². The number of carbonyl (C=O) groups is 1. The summed E-state index contributed by atoms with van der Waals surface area (Å²) in [6.45, 7) is 1.61. The molecule has 8 heteroatoms. The zero-order valence-corrected chi connectivity index (χ0v) is 17.7. The summed E-state index contributed by atoms with van der Waals surface area (Å²) >= 11 is 0. The van der Waals surface area contributed by atoms with Crippen molar-refractivity contribution in [3.05, 3.63) is 90.8 Å². The molecule has 3 aromatic heterocycles. The Morgan fingerprint density at radius 3 is 2.48 bits per heavy atom. The Bertz CT molecular complexity index is 1460. The van der Waals surface area contributed by atoms with Crippen LogP contribution in [0.3, 0.4) is 0 Å². The van der Waals surface area contributed by atoms with Crippen LogP contribution in [0.1, 0.15) is 16.2 Å². The van der Waals surface area contributed by atoms with Crippen LogP contribution in [-0.2, 0) is 13.1 Å². The second-order valence-electron chi connectivity index (χ2n) is 7.91. The molecule has 1 amide bonds.